The lowest BCUT2D eigenvalue weighted by molar-refractivity contribution is 0.0414. The van der Waals surface area contributed by atoms with Crippen molar-refractivity contribution in [1.29, 1.82) is 0 Å². The van der Waals surface area contributed by atoms with Crippen molar-refractivity contribution in [3.05, 3.63) is 47.2 Å². The summed E-state index contributed by atoms with van der Waals surface area (Å²) in [5.41, 5.74) is -0.616. The van der Waals surface area contributed by atoms with Gasteiger partial charge >= 0.3 is 6.03 Å². The van der Waals surface area contributed by atoms with Gasteiger partial charge in [0.05, 0.1) is 42.0 Å². The number of aromatic amines is 1. The summed E-state index contributed by atoms with van der Waals surface area (Å²) in [7, 11) is 1.42. The number of ether oxygens (including phenoxy) is 1. The van der Waals surface area contributed by atoms with Crippen LogP contribution in [0, 0.1) is 11.6 Å². The highest BCUT2D eigenvalue weighted by atomic mass is 19.2. The molecule has 3 aromatic rings. The van der Waals surface area contributed by atoms with Gasteiger partial charge in [-0.05, 0) is 31.5 Å². The Morgan fingerprint density at radius 3 is 2.63 bits per heavy atom. The van der Waals surface area contributed by atoms with Crippen LogP contribution >= 0.6 is 0 Å². The van der Waals surface area contributed by atoms with Crippen molar-refractivity contribution in [3.8, 4) is 5.88 Å². The predicted molar refractivity (Wildman–Crippen MR) is 104 cm³/mol. The Bertz CT molecular complexity index is 1080. The molecule has 0 spiro atoms. The number of fused-ring (bicyclic) bond motifs is 1. The molecule has 0 aliphatic rings. The van der Waals surface area contributed by atoms with Gasteiger partial charge in [0.2, 0.25) is 5.88 Å². The number of rotatable bonds is 6. The molecule has 11 heteroatoms. The van der Waals surface area contributed by atoms with Gasteiger partial charge in [-0.2, -0.15) is 0 Å². The fourth-order valence-corrected chi connectivity index (χ4v) is 3.06. The highest BCUT2D eigenvalue weighted by molar-refractivity contribution is 5.93. The molecule has 9 nitrogen and oxygen atoms in total. The number of nitrogens with one attached hydrogen (secondary N) is 3. The first-order valence-corrected chi connectivity index (χ1v) is 8.91. The molecule has 1 aromatic carbocycles. The summed E-state index contributed by atoms with van der Waals surface area (Å²) in [4.78, 5) is 16.7. The molecule has 5 N–H and O–H groups in total. The minimum Gasteiger partial charge on any atom is -0.479 e. The molecule has 2 heterocycles. The number of methoxy groups -OCH3 is 1. The third-order valence-corrected chi connectivity index (χ3v) is 4.43. The van der Waals surface area contributed by atoms with Gasteiger partial charge in [-0.1, -0.05) is 6.07 Å². The van der Waals surface area contributed by atoms with E-state index in [-0.39, 0.29) is 23.0 Å². The van der Waals surface area contributed by atoms with Gasteiger partial charge in [0.15, 0.2) is 11.6 Å². The van der Waals surface area contributed by atoms with E-state index in [1.54, 1.807) is 0 Å². The molecular formula is C19H21F2N5O4. The van der Waals surface area contributed by atoms with Crippen molar-refractivity contribution in [1.82, 2.24) is 20.5 Å². The summed E-state index contributed by atoms with van der Waals surface area (Å²) in [6.07, 6.45) is 0. The zero-order valence-corrected chi connectivity index (χ0v) is 16.5. The first-order chi connectivity index (χ1) is 14.1. The zero-order valence-electron chi connectivity index (χ0n) is 16.5. The zero-order chi connectivity index (χ0) is 22.1. The number of hydrogen-bond donors (Lipinski definition) is 5. The number of anilines is 1. The third kappa shape index (κ3) is 4.31. The summed E-state index contributed by atoms with van der Waals surface area (Å²) in [6, 6.07) is 2.77. The number of urea groups is 1. The summed E-state index contributed by atoms with van der Waals surface area (Å²) in [6.45, 7) is 2.42. The maximum Gasteiger partial charge on any atom is 0.320 e. The van der Waals surface area contributed by atoms with Crippen LogP contribution in [0.1, 0.15) is 31.1 Å². The molecule has 2 aromatic heterocycles. The second kappa shape index (κ2) is 8.20. The van der Waals surface area contributed by atoms with Gasteiger partial charge in [-0.3, -0.25) is 10.4 Å². The summed E-state index contributed by atoms with van der Waals surface area (Å²) >= 11 is 0. The number of pyridine rings is 1. The van der Waals surface area contributed by atoms with Gasteiger partial charge in [-0.25, -0.2) is 18.6 Å². The Morgan fingerprint density at radius 1 is 1.30 bits per heavy atom. The second-order valence-electron chi connectivity index (χ2n) is 7.13. The number of carbonyl (C=O) groups excluding carboxylic acids is 1. The topological polar surface area (TPSA) is 132 Å². The Balaban J connectivity index is 1.86. The second-order valence-corrected chi connectivity index (χ2v) is 7.13. The summed E-state index contributed by atoms with van der Waals surface area (Å²) < 4.78 is 32.0. The quantitative estimate of drug-likeness (QED) is 0.415. The highest BCUT2D eigenvalue weighted by Gasteiger charge is 2.31. The van der Waals surface area contributed by atoms with Gasteiger partial charge in [0.25, 0.3) is 0 Å². The van der Waals surface area contributed by atoms with Crippen LogP contribution in [0.3, 0.4) is 0 Å². The number of halogens is 2. The van der Waals surface area contributed by atoms with Crippen LogP contribution in [-0.4, -0.2) is 44.1 Å². The Hall–Kier alpha value is -3.31. The van der Waals surface area contributed by atoms with Crippen LogP contribution in [-0.2, 0) is 6.61 Å². The van der Waals surface area contributed by atoms with Crippen molar-refractivity contribution in [2.24, 2.45) is 0 Å². The monoisotopic (exact) mass is 421 g/mol. The Labute approximate surface area is 170 Å². The summed E-state index contributed by atoms with van der Waals surface area (Å²) in [5, 5.41) is 32.2. The van der Waals surface area contributed by atoms with Crippen LogP contribution in [0.25, 0.3) is 10.9 Å². The van der Waals surface area contributed by atoms with Crippen LogP contribution in [0.15, 0.2) is 24.3 Å². The minimum atomic E-state index is -1.49. The lowest BCUT2D eigenvalue weighted by atomic mass is 9.92. The van der Waals surface area contributed by atoms with Gasteiger partial charge < -0.3 is 20.3 Å². The molecule has 0 radical (unpaired) electrons. The van der Waals surface area contributed by atoms with E-state index in [1.165, 1.54) is 33.1 Å². The SMILES string of the molecule is COc1n[nH]c2cc(NC(=O)N[C@@H](c3ccc(F)c(F)c3)C(C)(C)O)nc(CO)c12. The fourth-order valence-electron chi connectivity index (χ4n) is 3.06. The van der Waals surface area contributed by atoms with E-state index in [1.807, 2.05) is 0 Å². The molecule has 0 saturated heterocycles. The molecule has 160 valence electrons. The lowest BCUT2D eigenvalue weighted by Crippen LogP contribution is -2.44. The fraction of sp³-hybridized carbons (Fsp3) is 0.316. The van der Waals surface area contributed by atoms with Crippen molar-refractivity contribution in [2.45, 2.75) is 32.1 Å². The number of aliphatic hydroxyl groups is 2. The Kier molecular flexibility index (Phi) is 5.85. The average Bonchev–Trinajstić information content (AvgIpc) is 3.10. The molecule has 0 bridgehead atoms. The largest absolute Gasteiger partial charge is 0.479 e. The van der Waals surface area contributed by atoms with Gasteiger partial charge in [0, 0.05) is 6.07 Å². The number of hydrogen-bond acceptors (Lipinski definition) is 6. The van der Waals surface area contributed by atoms with Crippen LogP contribution < -0.4 is 15.4 Å². The van der Waals surface area contributed by atoms with Gasteiger partial charge in [-0.15, -0.1) is 5.10 Å². The first kappa shape index (κ1) is 21.4. The number of benzene rings is 1. The number of carbonyl (C=O) groups is 1. The van der Waals surface area contributed by atoms with E-state index in [0.29, 0.717) is 10.9 Å². The highest BCUT2D eigenvalue weighted by Crippen LogP contribution is 2.29. The average molecular weight is 421 g/mol. The molecule has 30 heavy (non-hydrogen) atoms. The smallest absolute Gasteiger partial charge is 0.320 e. The van der Waals surface area contributed by atoms with E-state index >= 15 is 0 Å². The molecular weight excluding hydrogens is 400 g/mol. The molecule has 0 aliphatic heterocycles. The van der Waals surface area contributed by atoms with Crippen LogP contribution in [0.5, 0.6) is 5.88 Å². The van der Waals surface area contributed by atoms with E-state index in [9.17, 15) is 23.8 Å². The van der Waals surface area contributed by atoms with Crippen molar-refractivity contribution in [3.63, 3.8) is 0 Å². The Morgan fingerprint density at radius 2 is 2.03 bits per heavy atom. The van der Waals surface area contributed by atoms with Crippen LogP contribution in [0.2, 0.25) is 0 Å². The van der Waals surface area contributed by atoms with E-state index in [0.717, 1.165) is 12.1 Å². The van der Waals surface area contributed by atoms with E-state index in [4.69, 9.17) is 4.74 Å². The van der Waals surface area contributed by atoms with Crippen LogP contribution in [0.4, 0.5) is 19.4 Å². The normalized spacial score (nSPS) is 12.6. The lowest BCUT2D eigenvalue weighted by Gasteiger charge is -2.30. The molecule has 3 rings (SSSR count). The number of aromatic nitrogens is 3. The van der Waals surface area contributed by atoms with Gasteiger partial charge in [0.1, 0.15) is 5.82 Å². The third-order valence-electron chi connectivity index (χ3n) is 4.43. The number of aliphatic hydroxyl groups excluding tert-OH is 1. The molecule has 2 amide bonds. The van der Waals surface area contributed by atoms with E-state index in [2.05, 4.69) is 25.8 Å². The first-order valence-electron chi connectivity index (χ1n) is 8.91. The molecule has 1 atom stereocenters. The van der Waals surface area contributed by atoms with Crippen molar-refractivity contribution in [2.75, 3.05) is 12.4 Å². The standard InChI is InChI=1S/C19H21F2N5O4/c1-19(2,29)16(9-4-5-10(20)11(21)6-9)24-18(28)23-14-7-12-15(13(8-27)22-14)17(30-3)26-25-12/h4-7,16,27,29H,8H2,1-3H3,(H,25,26)(H2,22,23,24,28)/t16-/m0/s1. The molecule has 0 saturated carbocycles. The number of H-pyrrole nitrogens is 1. The molecule has 0 fully saturated rings. The molecule has 0 unspecified atom stereocenters. The van der Waals surface area contributed by atoms with Crippen molar-refractivity contribution >= 4 is 22.8 Å². The maximum absolute atomic E-state index is 13.6. The maximum atomic E-state index is 13.6. The number of nitrogens with zero attached hydrogens (tertiary/aromatic N) is 2. The minimum absolute atomic E-state index is 0.0927. The van der Waals surface area contributed by atoms with E-state index < -0.39 is 35.9 Å². The molecule has 0 aliphatic carbocycles. The summed E-state index contributed by atoms with van der Waals surface area (Å²) in [5.74, 6) is -1.80. The number of amides is 2. The predicted octanol–water partition coefficient (Wildman–Crippen LogP) is 2.37. The van der Waals surface area contributed by atoms with Crippen molar-refractivity contribution < 1.29 is 28.5 Å².